The average Bonchev–Trinajstić information content (AvgIpc) is 3.09. The van der Waals surface area contributed by atoms with Crippen molar-refractivity contribution in [1.29, 1.82) is 0 Å². The molecule has 1 aromatic rings. The molecule has 1 saturated heterocycles. The van der Waals surface area contributed by atoms with Crippen LogP contribution in [0.2, 0.25) is 0 Å². The highest BCUT2D eigenvalue weighted by atomic mass is 16.2. The Morgan fingerprint density at radius 2 is 1.68 bits per heavy atom. The van der Waals surface area contributed by atoms with Gasteiger partial charge in [-0.1, -0.05) is 25.3 Å². The van der Waals surface area contributed by atoms with Gasteiger partial charge in [-0.05, 0) is 37.8 Å². The van der Waals surface area contributed by atoms with Gasteiger partial charge in [0.05, 0.1) is 0 Å². The van der Waals surface area contributed by atoms with Gasteiger partial charge < -0.3 is 10.2 Å². The minimum atomic E-state index is -0.164. The van der Waals surface area contributed by atoms with Crippen molar-refractivity contribution >= 4 is 11.8 Å². The maximum atomic E-state index is 12.3. The number of likely N-dealkylation sites (tertiary alicyclic amines) is 1. The van der Waals surface area contributed by atoms with E-state index in [0.717, 1.165) is 38.8 Å². The van der Waals surface area contributed by atoms with Crippen LogP contribution in [-0.4, -0.2) is 40.8 Å². The molecular weight excluding hydrogens is 278 g/mol. The molecule has 0 unspecified atom stereocenters. The molecule has 1 aromatic heterocycles. The van der Waals surface area contributed by atoms with Gasteiger partial charge in [-0.3, -0.25) is 9.59 Å². The van der Waals surface area contributed by atoms with Crippen LogP contribution in [0, 0.1) is 0 Å². The summed E-state index contributed by atoms with van der Waals surface area (Å²) in [7, 11) is 0. The molecule has 22 heavy (non-hydrogen) atoms. The standard InChI is InChI=1S/C17H23N3O2/c21-16(18-13-7-2-1-3-8-13)14-9-6-10-15(19-14)17(22)20-11-4-5-12-20/h6,9-10,13H,1-5,7-8,11-12H2,(H,18,21). The highest BCUT2D eigenvalue weighted by molar-refractivity contribution is 5.96. The van der Waals surface area contributed by atoms with Crippen molar-refractivity contribution in [3.63, 3.8) is 0 Å². The number of hydrogen-bond donors (Lipinski definition) is 1. The molecule has 0 atom stereocenters. The molecule has 0 radical (unpaired) electrons. The van der Waals surface area contributed by atoms with Crippen molar-refractivity contribution in [3.8, 4) is 0 Å². The zero-order chi connectivity index (χ0) is 15.4. The van der Waals surface area contributed by atoms with Crippen LogP contribution in [0.1, 0.15) is 65.9 Å². The third-order valence-corrected chi connectivity index (χ3v) is 4.53. The van der Waals surface area contributed by atoms with Crippen LogP contribution in [-0.2, 0) is 0 Å². The fourth-order valence-electron chi connectivity index (χ4n) is 3.27. The molecule has 0 spiro atoms. The first-order valence-electron chi connectivity index (χ1n) is 8.31. The second-order valence-corrected chi connectivity index (χ2v) is 6.22. The Kier molecular flexibility index (Phi) is 4.71. The number of carbonyl (C=O) groups is 2. The van der Waals surface area contributed by atoms with E-state index in [0.29, 0.717) is 11.4 Å². The topological polar surface area (TPSA) is 62.3 Å². The van der Waals surface area contributed by atoms with Crippen LogP contribution >= 0.6 is 0 Å². The number of rotatable bonds is 3. The summed E-state index contributed by atoms with van der Waals surface area (Å²) in [5, 5.41) is 3.04. The van der Waals surface area contributed by atoms with Crippen molar-refractivity contribution in [2.45, 2.75) is 51.0 Å². The molecule has 118 valence electrons. The predicted molar refractivity (Wildman–Crippen MR) is 83.7 cm³/mol. The van der Waals surface area contributed by atoms with Gasteiger partial charge in [0.1, 0.15) is 11.4 Å². The minimum Gasteiger partial charge on any atom is -0.348 e. The maximum absolute atomic E-state index is 12.3. The van der Waals surface area contributed by atoms with Gasteiger partial charge in [-0.2, -0.15) is 0 Å². The average molecular weight is 301 g/mol. The minimum absolute atomic E-state index is 0.0650. The Balaban J connectivity index is 1.67. The molecule has 1 N–H and O–H groups in total. The summed E-state index contributed by atoms with van der Waals surface area (Å²) in [5.74, 6) is -0.229. The van der Waals surface area contributed by atoms with Crippen LogP contribution in [0.5, 0.6) is 0 Å². The SMILES string of the molecule is O=C(NC1CCCCC1)c1cccc(C(=O)N2CCCC2)n1. The fourth-order valence-corrected chi connectivity index (χ4v) is 3.27. The second-order valence-electron chi connectivity index (χ2n) is 6.22. The molecule has 2 aliphatic rings. The first kappa shape index (κ1) is 15.0. The lowest BCUT2D eigenvalue weighted by Crippen LogP contribution is -2.37. The van der Waals surface area contributed by atoms with Crippen molar-refractivity contribution in [3.05, 3.63) is 29.6 Å². The fraction of sp³-hybridized carbons (Fsp3) is 0.588. The maximum Gasteiger partial charge on any atom is 0.272 e. The number of amides is 2. The molecule has 2 amide bonds. The lowest BCUT2D eigenvalue weighted by atomic mass is 9.95. The van der Waals surface area contributed by atoms with Crippen LogP contribution in [0.3, 0.4) is 0 Å². The van der Waals surface area contributed by atoms with Gasteiger partial charge in [-0.25, -0.2) is 4.98 Å². The number of nitrogens with one attached hydrogen (secondary N) is 1. The molecule has 1 aliphatic heterocycles. The molecule has 1 aliphatic carbocycles. The number of hydrogen-bond acceptors (Lipinski definition) is 3. The summed E-state index contributed by atoms with van der Waals surface area (Å²) in [6.07, 6.45) is 7.78. The zero-order valence-corrected chi connectivity index (χ0v) is 12.9. The zero-order valence-electron chi connectivity index (χ0n) is 12.9. The molecule has 5 heteroatoms. The molecule has 0 aromatic carbocycles. The molecular formula is C17H23N3O2. The Labute approximate surface area is 131 Å². The number of nitrogens with zero attached hydrogens (tertiary/aromatic N) is 2. The first-order chi connectivity index (χ1) is 10.7. The van der Waals surface area contributed by atoms with E-state index >= 15 is 0 Å². The Morgan fingerprint density at radius 3 is 2.41 bits per heavy atom. The van der Waals surface area contributed by atoms with E-state index in [-0.39, 0.29) is 17.9 Å². The third kappa shape index (κ3) is 3.46. The molecule has 0 bridgehead atoms. The van der Waals surface area contributed by atoms with Crippen LogP contribution in [0.4, 0.5) is 0 Å². The normalized spacial score (nSPS) is 19.2. The smallest absolute Gasteiger partial charge is 0.272 e. The Morgan fingerprint density at radius 1 is 1.00 bits per heavy atom. The van der Waals surface area contributed by atoms with Gasteiger partial charge >= 0.3 is 0 Å². The summed E-state index contributed by atoms with van der Waals surface area (Å²) in [5.41, 5.74) is 0.716. The van der Waals surface area contributed by atoms with E-state index in [1.807, 2.05) is 4.90 Å². The molecule has 5 nitrogen and oxygen atoms in total. The van der Waals surface area contributed by atoms with Crippen LogP contribution in [0.15, 0.2) is 18.2 Å². The first-order valence-corrected chi connectivity index (χ1v) is 8.31. The third-order valence-electron chi connectivity index (χ3n) is 4.53. The van der Waals surface area contributed by atoms with E-state index < -0.39 is 0 Å². The summed E-state index contributed by atoms with van der Waals surface area (Å²) in [4.78, 5) is 30.7. The highest BCUT2D eigenvalue weighted by Gasteiger charge is 2.22. The van der Waals surface area contributed by atoms with Gasteiger partial charge in [0.15, 0.2) is 0 Å². The summed E-state index contributed by atoms with van der Waals surface area (Å²) >= 11 is 0. The van der Waals surface area contributed by atoms with Gasteiger partial charge in [0.2, 0.25) is 0 Å². The predicted octanol–water partition coefficient (Wildman–Crippen LogP) is 2.38. The molecule has 1 saturated carbocycles. The summed E-state index contributed by atoms with van der Waals surface area (Å²) in [6.45, 7) is 1.58. The van der Waals surface area contributed by atoms with Gasteiger partial charge in [0.25, 0.3) is 11.8 Å². The van der Waals surface area contributed by atoms with E-state index in [4.69, 9.17) is 0 Å². The Hall–Kier alpha value is -1.91. The summed E-state index contributed by atoms with van der Waals surface area (Å²) in [6, 6.07) is 5.37. The molecule has 3 rings (SSSR count). The van der Waals surface area contributed by atoms with Crippen molar-refractivity contribution in [1.82, 2.24) is 15.2 Å². The Bertz CT molecular complexity index is 547. The largest absolute Gasteiger partial charge is 0.348 e. The lowest BCUT2D eigenvalue weighted by Gasteiger charge is -2.22. The van der Waals surface area contributed by atoms with Gasteiger partial charge in [-0.15, -0.1) is 0 Å². The second kappa shape index (κ2) is 6.90. The quantitative estimate of drug-likeness (QED) is 0.932. The number of carbonyl (C=O) groups excluding carboxylic acids is 2. The monoisotopic (exact) mass is 301 g/mol. The van der Waals surface area contributed by atoms with Crippen LogP contribution in [0.25, 0.3) is 0 Å². The van der Waals surface area contributed by atoms with Crippen LogP contribution < -0.4 is 5.32 Å². The van der Waals surface area contributed by atoms with E-state index in [9.17, 15) is 9.59 Å². The highest BCUT2D eigenvalue weighted by Crippen LogP contribution is 2.18. The van der Waals surface area contributed by atoms with E-state index in [2.05, 4.69) is 10.3 Å². The molecule has 2 fully saturated rings. The van der Waals surface area contributed by atoms with Gasteiger partial charge in [0, 0.05) is 19.1 Å². The van der Waals surface area contributed by atoms with Crippen molar-refractivity contribution < 1.29 is 9.59 Å². The van der Waals surface area contributed by atoms with E-state index in [1.165, 1.54) is 19.3 Å². The van der Waals surface area contributed by atoms with Crippen molar-refractivity contribution in [2.75, 3.05) is 13.1 Å². The van der Waals surface area contributed by atoms with Crippen molar-refractivity contribution in [2.24, 2.45) is 0 Å². The summed E-state index contributed by atoms with van der Waals surface area (Å²) < 4.78 is 0. The molecule has 2 heterocycles. The number of aromatic nitrogens is 1. The lowest BCUT2D eigenvalue weighted by molar-refractivity contribution is 0.0787. The van der Waals surface area contributed by atoms with E-state index in [1.54, 1.807) is 18.2 Å². The number of pyridine rings is 1.